The molecule has 0 saturated carbocycles. The van der Waals surface area contributed by atoms with Gasteiger partial charge in [-0.15, -0.1) is 0 Å². The zero-order valence-electron chi connectivity index (χ0n) is 11.1. The van der Waals surface area contributed by atoms with E-state index in [1.807, 2.05) is 20.8 Å². The summed E-state index contributed by atoms with van der Waals surface area (Å²) < 4.78 is 5.51. The third-order valence-electron chi connectivity index (χ3n) is 2.06. The smallest absolute Gasteiger partial charge is 0.138 e. The summed E-state index contributed by atoms with van der Waals surface area (Å²) in [6, 6.07) is 0. The molecule has 0 rings (SSSR count). The Morgan fingerprint density at radius 3 is 2.00 bits per heavy atom. The molecule has 0 heterocycles. The first-order valence-corrected chi connectivity index (χ1v) is 5.74. The SMILES string of the molecule is CC(C)(C)COCCCC(=O)C(C)(C)C. The Morgan fingerprint density at radius 2 is 1.60 bits per heavy atom. The highest BCUT2D eigenvalue weighted by Gasteiger charge is 2.20. The van der Waals surface area contributed by atoms with Gasteiger partial charge >= 0.3 is 0 Å². The third-order valence-corrected chi connectivity index (χ3v) is 2.06. The van der Waals surface area contributed by atoms with Crippen LogP contribution in [0.25, 0.3) is 0 Å². The molecule has 90 valence electrons. The van der Waals surface area contributed by atoms with Gasteiger partial charge in [0.15, 0.2) is 0 Å². The fourth-order valence-corrected chi connectivity index (χ4v) is 1.09. The van der Waals surface area contributed by atoms with Crippen molar-refractivity contribution in [1.82, 2.24) is 0 Å². The minimum Gasteiger partial charge on any atom is -0.381 e. The molecule has 0 aliphatic rings. The average Bonchev–Trinajstić information content (AvgIpc) is 1.99. The molecule has 0 aliphatic heterocycles. The van der Waals surface area contributed by atoms with Crippen LogP contribution in [0.4, 0.5) is 0 Å². The summed E-state index contributed by atoms with van der Waals surface area (Å²) in [5, 5.41) is 0. The van der Waals surface area contributed by atoms with Crippen LogP contribution in [-0.2, 0) is 9.53 Å². The van der Waals surface area contributed by atoms with Crippen molar-refractivity contribution in [3.05, 3.63) is 0 Å². The lowest BCUT2D eigenvalue weighted by Gasteiger charge is -2.19. The number of rotatable bonds is 5. The fraction of sp³-hybridized carbons (Fsp3) is 0.923. The van der Waals surface area contributed by atoms with Gasteiger partial charge in [-0.3, -0.25) is 4.79 Å². The second-order valence-corrected chi connectivity index (χ2v) is 6.39. The van der Waals surface area contributed by atoms with Crippen LogP contribution >= 0.6 is 0 Å². The van der Waals surface area contributed by atoms with Gasteiger partial charge in [-0.2, -0.15) is 0 Å². The molecule has 0 unspecified atom stereocenters. The second kappa shape index (κ2) is 5.64. The van der Waals surface area contributed by atoms with Gasteiger partial charge in [0.1, 0.15) is 5.78 Å². The number of hydrogen-bond acceptors (Lipinski definition) is 2. The van der Waals surface area contributed by atoms with Crippen LogP contribution in [0, 0.1) is 10.8 Å². The van der Waals surface area contributed by atoms with E-state index in [4.69, 9.17) is 4.74 Å². The fourth-order valence-electron chi connectivity index (χ4n) is 1.09. The molecule has 0 saturated heterocycles. The minimum absolute atomic E-state index is 0.204. The molecule has 15 heavy (non-hydrogen) atoms. The topological polar surface area (TPSA) is 26.3 Å². The van der Waals surface area contributed by atoms with Crippen LogP contribution in [-0.4, -0.2) is 19.0 Å². The van der Waals surface area contributed by atoms with E-state index in [2.05, 4.69) is 20.8 Å². The zero-order valence-corrected chi connectivity index (χ0v) is 11.1. The summed E-state index contributed by atoms with van der Waals surface area (Å²) in [6.45, 7) is 13.8. The summed E-state index contributed by atoms with van der Waals surface area (Å²) in [5.74, 6) is 0.321. The summed E-state index contributed by atoms with van der Waals surface area (Å²) >= 11 is 0. The average molecular weight is 214 g/mol. The van der Waals surface area contributed by atoms with Crippen molar-refractivity contribution in [3.63, 3.8) is 0 Å². The van der Waals surface area contributed by atoms with Crippen molar-refractivity contribution in [3.8, 4) is 0 Å². The van der Waals surface area contributed by atoms with Crippen molar-refractivity contribution in [2.45, 2.75) is 54.4 Å². The molecule has 0 spiro atoms. The van der Waals surface area contributed by atoms with Gasteiger partial charge in [0.05, 0.1) is 6.61 Å². The Balaban J connectivity index is 3.53. The molecular formula is C13H26O2. The van der Waals surface area contributed by atoms with E-state index in [1.165, 1.54) is 0 Å². The summed E-state index contributed by atoms with van der Waals surface area (Å²) in [7, 11) is 0. The number of carbonyl (C=O) groups is 1. The first-order valence-electron chi connectivity index (χ1n) is 5.74. The monoisotopic (exact) mass is 214 g/mol. The lowest BCUT2D eigenvalue weighted by atomic mass is 9.88. The highest BCUT2D eigenvalue weighted by Crippen LogP contribution is 2.18. The highest BCUT2D eigenvalue weighted by atomic mass is 16.5. The van der Waals surface area contributed by atoms with Crippen molar-refractivity contribution < 1.29 is 9.53 Å². The van der Waals surface area contributed by atoms with E-state index in [0.29, 0.717) is 18.8 Å². The largest absolute Gasteiger partial charge is 0.381 e. The van der Waals surface area contributed by atoms with E-state index < -0.39 is 0 Å². The minimum atomic E-state index is -0.204. The predicted octanol–water partition coefficient (Wildman–Crippen LogP) is 3.44. The summed E-state index contributed by atoms with van der Waals surface area (Å²) in [4.78, 5) is 11.6. The lowest BCUT2D eigenvalue weighted by Crippen LogP contribution is -2.21. The molecule has 0 fully saturated rings. The number of Topliss-reactive ketones (excluding diaryl/α,β-unsaturated/α-hetero) is 1. The van der Waals surface area contributed by atoms with Gasteiger partial charge in [0.2, 0.25) is 0 Å². The lowest BCUT2D eigenvalue weighted by molar-refractivity contribution is -0.126. The van der Waals surface area contributed by atoms with Crippen LogP contribution in [0.15, 0.2) is 0 Å². The molecule has 0 aromatic heterocycles. The Hall–Kier alpha value is -0.370. The maximum Gasteiger partial charge on any atom is 0.138 e. The van der Waals surface area contributed by atoms with Crippen molar-refractivity contribution in [1.29, 1.82) is 0 Å². The molecule has 0 aromatic rings. The van der Waals surface area contributed by atoms with Crippen molar-refractivity contribution in [2.24, 2.45) is 10.8 Å². The van der Waals surface area contributed by atoms with Gasteiger partial charge < -0.3 is 4.74 Å². The van der Waals surface area contributed by atoms with Crippen LogP contribution in [0.2, 0.25) is 0 Å². The quantitative estimate of drug-likeness (QED) is 0.655. The van der Waals surface area contributed by atoms with E-state index in [1.54, 1.807) is 0 Å². The molecular weight excluding hydrogens is 188 g/mol. The van der Waals surface area contributed by atoms with Gasteiger partial charge in [0, 0.05) is 18.4 Å². The predicted molar refractivity (Wildman–Crippen MR) is 64.0 cm³/mol. The standard InChI is InChI=1S/C13H26O2/c1-12(2,3)10-15-9-7-8-11(14)13(4,5)6/h7-10H2,1-6H3. The Bertz CT molecular complexity index is 194. The van der Waals surface area contributed by atoms with Gasteiger partial charge in [-0.05, 0) is 11.8 Å². The maximum absolute atomic E-state index is 11.6. The summed E-state index contributed by atoms with van der Waals surface area (Å²) in [6.07, 6.45) is 1.47. The molecule has 0 atom stereocenters. The van der Waals surface area contributed by atoms with E-state index in [9.17, 15) is 4.79 Å². The zero-order chi connectivity index (χ0) is 12.1. The number of hydrogen-bond donors (Lipinski definition) is 0. The molecule has 0 bridgehead atoms. The number of ketones is 1. The second-order valence-electron chi connectivity index (χ2n) is 6.39. The molecule has 2 nitrogen and oxygen atoms in total. The molecule has 0 aromatic carbocycles. The van der Waals surface area contributed by atoms with Crippen LogP contribution in [0.5, 0.6) is 0 Å². The molecule has 0 amide bonds. The van der Waals surface area contributed by atoms with Crippen molar-refractivity contribution >= 4 is 5.78 Å². The molecule has 0 radical (unpaired) electrons. The molecule has 2 heteroatoms. The van der Waals surface area contributed by atoms with E-state index in [-0.39, 0.29) is 10.8 Å². The molecule has 0 aliphatic carbocycles. The van der Waals surface area contributed by atoms with E-state index >= 15 is 0 Å². The third kappa shape index (κ3) is 8.61. The van der Waals surface area contributed by atoms with Gasteiger partial charge in [0.25, 0.3) is 0 Å². The van der Waals surface area contributed by atoms with Crippen LogP contribution < -0.4 is 0 Å². The maximum atomic E-state index is 11.6. The Morgan fingerprint density at radius 1 is 1.07 bits per heavy atom. The van der Waals surface area contributed by atoms with E-state index in [0.717, 1.165) is 13.0 Å². The Labute approximate surface area is 94.4 Å². The van der Waals surface area contributed by atoms with Crippen molar-refractivity contribution in [2.75, 3.05) is 13.2 Å². The van der Waals surface area contributed by atoms with Gasteiger partial charge in [-0.25, -0.2) is 0 Å². The van der Waals surface area contributed by atoms with Crippen LogP contribution in [0.3, 0.4) is 0 Å². The highest BCUT2D eigenvalue weighted by molar-refractivity contribution is 5.83. The number of ether oxygens (including phenoxy) is 1. The summed E-state index contributed by atoms with van der Waals surface area (Å²) in [5.41, 5.74) is 0.0120. The Kier molecular flexibility index (Phi) is 5.50. The van der Waals surface area contributed by atoms with Gasteiger partial charge in [-0.1, -0.05) is 41.5 Å². The normalized spacial score (nSPS) is 12.9. The molecule has 0 N–H and O–H groups in total. The first-order chi connectivity index (χ1) is 6.63. The first kappa shape index (κ1) is 14.6. The number of carbonyl (C=O) groups excluding carboxylic acids is 1. The van der Waals surface area contributed by atoms with Crippen LogP contribution in [0.1, 0.15) is 54.4 Å².